The van der Waals surface area contributed by atoms with E-state index in [4.69, 9.17) is 9.47 Å². The molecule has 2 aromatic carbocycles. The van der Waals surface area contributed by atoms with E-state index in [1.807, 2.05) is 0 Å². The molecular weight excluding hydrogens is 316 g/mol. The van der Waals surface area contributed by atoms with Gasteiger partial charge < -0.3 is 14.8 Å². The molecule has 0 unspecified atom stereocenters. The quantitative estimate of drug-likeness (QED) is 0.622. The van der Waals surface area contributed by atoms with Gasteiger partial charge in [0.15, 0.2) is 0 Å². The number of ether oxygens (including phenoxy) is 2. The van der Waals surface area contributed by atoms with Crippen molar-refractivity contribution in [3.05, 3.63) is 65.7 Å². The second-order valence-corrected chi connectivity index (χ2v) is 4.86. The van der Waals surface area contributed by atoms with Crippen LogP contribution >= 0.6 is 0 Å². The lowest BCUT2D eigenvalue weighted by molar-refractivity contribution is -0.111. The Kier molecular flexibility index (Phi) is 6.45. The normalized spacial score (nSPS) is 10.8. The van der Waals surface area contributed by atoms with Gasteiger partial charge in [-0.05, 0) is 35.9 Å². The van der Waals surface area contributed by atoms with Crippen molar-refractivity contribution in [2.24, 2.45) is 0 Å². The van der Waals surface area contributed by atoms with Crippen LogP contribution in [0.1, 0.15) is 5.56 Å². The van der Waals surface area contributed by atoms with Crippen LogP contribution in [0.15, 0.2) is 48.5 Å². The second-order valence-electron chi connectivity index (χ2n) is 4.86. The Hall–Kier alpha value is -2.73. The van der Waals surface area contributed by atoms with Gasteiger partial charge in [-0.1, -0.05) is 12.1 Å². The van der Waals surface area contributed by atoms with Crippen LogP contribution in [0.25, 0.3) is 6.08 Å². The predicted octanol–water partition coefficient (Wildman–Crippen LogP) is 3.64. The molecule has 0 saturated carbocycles. The number of benzene rings is 2. The largest absolute Gasteiger partial charge is 0.489 e. The summed E-state index contributed by atoms with van der Waals surface area (Å²) in [5.74, 6) is -1.04. The predicted molar refractivity (Wildman–Crippen MR) is 87.8 cm³/mol. The molecule has 0 atom stereocenters. The zero-order chi connectivity index (χ0) is 17.4. The lowest BCUT2D eigenvalue weighted by Crippen LogP contribution is -2.11. The minimum Gasteiger partial charge on any atom is -0.489 e. The first kappa shape index (κ1) is 17.6. The molecule has 1 amide bonds. The Morgan fingerprint density at radius 3 is 2.67 bits per heavy atom. The van der Waals surface area contributed by atoms with E-state index in [0.717, 1.165) is 6.07 Å². The number of amides is 1. The summed E-state index contributed by atoms with van der Waals surface area (Å²) < 4.78 is 36.8. The molecule has 0 aliphatic carbocycles. The molecule has 0 radical (unpaired) electrons. The van der Waals surface area contributed by atoms with E-state index >= 15 is 0 Å². The summed E-state index contributed by atoms with van der Waals surface area (Å²) >= 11 is 0. The smallest absolute Gasteiger partial charge is 0.248 e. The summed E-state index contributed by atoms with van der Waals surface area (Å²) in [4.78, 5) is 12.0. The van der Waals surface area contributed by atoms with Gasteiger partial charge in [-0.3, -0.25) is 4.79 Å². The van der Waals surface area contributed by atoms with Gasteiger partial charge in [0.25, 0.3) is 0 Å². The zero-order valence-corrected chi connectivity index (χ0v) is 13.1. The number of anilines is 1. The molecule has 2 rings (SSSR count). The Morgan fingerprint density at radius 2 is 1.92 bits per heavy atom. The van der Waals surface area contributed by atoms with E-state index in [1.165, 1.54) is 43.5 Å². The average molecular weight is 333 g/mol. The van der Waals surface area contributed by atoms with Crippen molar-refractivity contribution in [1.29, 1.82) is 0 Å². The summed E-state index contributed by atoms with van der Waals surface area (Å²) in [7, 11) is 1.54. The summed E-state index contributed by atoms with van der Waals surface area (Å²) in [5.41, 5.74) is 0.751. The van der Waals surface area contributed by atoms with Gasteiger partial charge >= 0.3 is 0 Å². The van der Waals surface area contributed by atoms with Crippen LogP contribution in [0.3, 0.4) is 0 Å². The lowest BCUT2D eigenvalue weighted by atomic mass is 10.2. The first-order valence-electron chi connectivity index (χ1n) is 7.24. The topological polar surface area (TPSA) is 47.6 Å². The number of halogens is 2. The number of carbonyl (C=O) groups excluding carboxylic acids is 1. The van der Waals surface area contributed by atoms with Crippen LogP contribution < -0.4 is 10.1 Å². The molecule has 24 heavy (non-hydrogen) atoms. The first-order chi connectivity index (χ1) is 11.6. The number of nitrogens with one attached hydrogen (secondary N) is 1. The third kappa shape index (κ3) is 5.48. The van der Waals surface area contributed by atoms with E-state index in [0.29, 0.717) is 17.9 Å². The highest BCUT2D eigenvalue weighted by Gasteiger charge is 2.08. The van der Waals surface area contributed by atoms with Gasteiger partial charge in [0, 0.05) is 19.3 Å². The van der Waals surface area contributed by atoms with E-state index < -0.39 is 17.5 Å². The van der Waals surface area contributed by atoms with E-state index in [1.54, 1.807) is 12.1 Å². The summed E-state index contributed by atoms with van der Waals surface area (Å²) in [6.45, 7) is 0.633. The summed E-state index contributed by atoms with van der Waals surface area (Å²) in [6, 6.07) is 9.64. The fourth-order valence-electron chi connectivity index (χ4n) is 1.92. The first-order valence-corrected chi connectivity index (χ1v) is 7.24. The highest BCUT2D eigenvalue weighted by molar-refractivity contribution is 6.02. The van der Waals surface area contributed by atoms with Gasteiger partial charge in [-0.25, -0.2) is 8.78 Å². The van der Waals surface area contributed by atoms with Crippen molar-refractivity contribution in [3.63, 3.8) is 0 Å². The van der Waals surface area contributed by atoms with Gasteiger partial charge in [0.2, 0.25) is 5.91 Å². The number of methoxy groups -OCH3 is 1. The molecule has 126 valence electrons. The molecule has 0 aliphatic heterocycles. The fraction of sp³-hybridized carbons (Fsp3) is 0.167. The second kappa shape index (κ2) is 8.79. The highest BCUT2D eigenvalue weighted by Crippen LogP contribution is 2.25. The third-order valence-corrected chi connectivity index (χ3v) is 3.02. The summed E-state index contributed by atoms with van der Waals surface area (Å²) in [6.07, 6.45) is 2.70. The van der Waals surface area contributed by atoms with Crippen LogP contribution in [0.4, 0.5) is 14.5 Å². The molecule has 1 N–H and O–H groups in total. The van der Waals surface area contributed by atoms with Gasteiger partial charge in [0.05, 0.1) is 12.3 Å². The fourth-order valence-corrected chi connectivity index (χ4v) is 1.92. The van der Waals surface area contributed by atoms with Crippen molar-refractivity contribution < 1.29 is 23.0 Å². The molecule has 4 nitrogen and oxygen atoms in total. The van der Waals surface area contributed by atoms with Crippen molar-refractivity contribution in [1.82, 2.24) is 0 Å². The molecule has 0 heterocycles. The van der Waals surface area contributed by atoms with Crippen molar-refractivity contribution in [3.8, 4) is 5.75 Å². The number of hydrogen-bond donors (Lipinski definition) is 1. The molecule has 2 aromatic rings. The van der Waals surface area contributed by atoms with Crippen LogP contribution in [0.5, 0.6) is 5.75 Å². The molecule has 0 bridgehead atoms. The Morgan fingerprint density at radius 1 is 1.12 bits per heavy atom. The summed E-state index contributed by atoms with van der Waals surface area (Å²) in [5, 5.41) is 2.54. The maximum Gasteiger partial charge on any atom is 0.248 e. The monoisotopic (exact) mass is 333 g/mol. The minimum absolute atomic E-state index is 0.208. The highest BCUT2D eigenvalue weighted by atomic mass is 19.1. The molecule has 0 fully saturated rings. The molecule has 0 saturated heterocycles. The number of carbonyl (C=O) groups is 1. The minimum atomic E-state index is -0.501. The number of hydrogen-bond acceptors (Lipinski definition) is 3. The van der Waals surface area contributed by atoms with Crippen molar-refractivity contribution >= 4 is 17.7 Å². The zero-order valence-electron chi connectivity index (χ0n) is 13.1. The molecule has 0 aromatic heterocycles. The molecule has 0 aliphatic rings. The standard InChI is InChI=1S/C18H17F2NO3/c1-23-9-10-24-17-7-6-15(20)12-16(17)21-18(22)8-5-13-3-2-4-14(19)11-13/h2-8,11-12H,9-10H2,1H3,(H,21,22)/b8-5+. The van der Waals surface area contributed by atoms with E-state index in [2.05, 4.69) is 5.32 Å². The average Bonchev–Trinajstić information content (AvgIpc) is 2.55. The van der Waals surface area contributed by atoms with Gasteiger partial charge in [0.1, 0.15) is 24.0 Å². The van der Waals surface area contributed by atoms with Gasteiger partial charge in [-0.15, -0.1) is 0 Å². The van der Waals surface area contributed by atoms with Crippen molar-refractivity contribution in [2.75, 3.05) is 25.6 Å². The Balaban J connectivity index is 2.06. The maximum absolute atomic E-state index is 13.4. The SMILES string of the molecule is COCCOc1ccc(F)cc1NC(=O)/C=C/c1cccc(F)c1. The van der Waals surface area contributed by atoms with Gasteiger partial charge in [-0.2, -0.15) is 0 Å². The van der Waals surface area contributed by atoms with E-state index in [-0.39, 0.29) is 12.3 Å². The van der Waals surface area contributed by atoms with Crippen LogP contribution in [-0.2, 0) is 9.53 Å². The maximum atomic E-state index is 13.4. The third-order valence-electron chi connectivity index (χ3n) is 3.02. The number of rotatable bonds is 7. The van der Waals surface area contributed by atoms with Crippen LogP contribution in [0, 0.1) is 11.6 Å². The Labute approximate surface area is 138 Å². The van der Waals surface area contributed by atoms with Crippen LogP contribution in [-0.4, -0.2) is 26.2 Å². The van der Waals surface area contributed by atoms with E-state index in [9.17, 15) is 13.6 Å². The lowest BCUT2D eigenvalue weighted by Gasteiger charge is -2.11. The molecular formula is C18H17F2NO3. The van der Waals surface area contributed by atoms with Crippen molar-refractivity contribution in [2.45, 2.75) is 0 Å². The molecule has 6 heteroatoms. The Bertz CT molecular complexity index is 732. The van der Waals surface area contributed by atoms with Crippen LogP contribution in [0.2, 0.25) is 0 Å². The molecule has 0 spiro atoms.